The van der Waals surface area contributed by atoms with Gasteiger partial charge in [-0.1, -0.05) is 17.7 Å². The van der Waals surface area contributed by atoms with Gasteiger partial charge in [0, 0.05) is 25.2 Å². The summed E-state index contributed by atoms with van der Waals surface area (Å²) in [5.74, 6) is 0.0585. The molecular weight excluding hydrogens is 316 g/mol. The molecule has 2 N–H and O–H groups in total. The van der Waals surface area contributed by atoms with E-state index in [0.29, 0.717) is 19.5 Å². The van der Waals surface area contributed by atoms with Crippen LogP contribution in [0.25, 0.3) is 0 Å². The van der Waals surface area contributed by atoms with Gasteiger partial charge < -0.3 is 20.4 Å². The minimum Gasteiger partial charge on any atom is -0.338 e. The fourth-order valence-electron chi connectivity index (χ4n) is 3.53. The Bertz CT molecular complexity index is 596. The molecule has 6 heteroatoms. The molecule has 0 radical (unpaired) electrons. The molecule has 0 spiro atoms. The number of urea groups is 1. The van der Waals surface area contributed by atoms with Gasteiger partial charge in [0.1, 0.15) is 0 Å². The molecule has 2 fully saturated rings. The third kappa shape index (κ3) is 4.95. The molecule has 25 heavy (non-hydrogen) atoms. The van der Waals surface area contributed by atoms with Crippen LogP contribution < -0.4 is 15.5 Å². The minimum absolute atomic E-state index is 0.0585. The van der Waals surface area contributed by atoms with Gasteiger partial charge >= 0.3 is 6.03 Å². The molecule has 0 saturated carbocycles. The van der Waals surface area contributed by atoms with Crippen molar-refractivity contribution in [2.45, 2.75) is 38.6 Å². The van der Waals surface area contributed by atoms with Gasteiger partial charge in [-0.3, -0.25) is 4.79 Å². The molecule has 3 rings (SSSR count). The first-order valence-electron chi connectivity index (χ1n) is 9.25. The maximum absolute atomic E-state index is 12.2. The van der Waals surface area contributed by atoms with E-state index in [4.69, 9.17) is 0 Å². The number of nitrogens with one attached hydrogen (secondary N) is 2. The van der Waals surface area contributed by atoms with Crippen LogP contribution in [0.4, 0.5) is 10.5 Å². The second kappa shape index (κ2) is 8.34. The maximum Gasteiger partial charge on any atom is 0.315 e. The summed E-state index contributed by atoms with van der Waals surface area (Å²) in [6.07, 6.45) is 3.91. The molecule has 1 aromatic carbocycles. The van der Waals surface area contributed by atoms with Crippen molar-refractivity contribution in [3.05, 3.63) is 29.8 Å². The Morgan fingerprint density at radius 3 is 2.64 bits per heavy atom. The lowest BCUT2D eigenvalue weighted by Crippen LogP contribution is -2.44. The normalized spacial score (nSPS) is 20.9. The number of likely N-dealkylation sites (tertiary alicyclic amines) is 1. The highest BCUT2D eigenvalue weighted by molar-refractivity contribution is 5.96. The van der Waals surface area contributed by atoms with Crippen molar-refractivity contribution in [1.82, 2.24) is 15.5 Å². The van der Waals surface area contributed by atoms with Gasteiger partial charge in [0.15, 0.2) is 0 Å². The zero-order valence-electron chi connectivity index (χ0n) is 15.0. The number of anilines is 1. The van der Waals surface area contributed by atoms with Gasteiger partial charge in [-0.2, -0.15) is 0 Å². The predicted molar refractivity (Wildman–Crippen MR) is 98.8 cm³/mol. The second-order valence-electron chi connectivity index (χ2n) is 7.04. The van der Waals surface area contributed by atoms with Gasteiger partial charge in [-0.15, -0.1) is 0 Å². The zero-order valence-corrected chi connectivity index (χ0v) is 15.0. The Hall–Kier alpha value is -2.08. The molecule has 1 atom stereocenters. The van der Waals surface area contributed by atoms with Crippen LogP contribution in [0.1, 0.15) is 31.2 Å². The lowest BCUT2D eigenvalue weighted by atomic mass is 10.2. The van der Waals surface area contributed by atoms with E-state index in [0.717, 1.165) is 18.7 Å². The van der Waals surface area contributed by atoms with Crippen molar-refractivity contribution < 1.29 is 9.59 Å². The van der Waals surface area contributed by atoms with Crippen LogP contribution in [0.5, 0.6) is 0 Å². The van der Waals surface area contributed by atoms with E-state index in [1.807, 2.05) is 31.2 Å². The van der Waals surface area contributed by atoms with Crippen molar-refractivity contribution in [2.75, 3.05) is 37.6 Å². The minimum atomic E-state index is -0.176. The van der Waals surface area contributed by atoms with Crippen LogP contribution in [0.3, 0.4) is 0 Å². The number of aryl methyl sites for hydroxylation is 1. The Morgan fingerprint density at radius 2 is 1.92 bits per heavy atom. The van der Waals surface area contributed by atoms with E-state index >= 15 is 0 Å². The third-order valence-electron chi connectivity index (χ3n) is 4.94. The van der Waals surface area contributed by atoms with Gasteiger partial charge in [0.2, 0.25) is 5.91 Å². The summed E-state index contributed by atoms with van der Waals surface area (Å²) in [5, 5.41) is 5.83. The van der Waals surface area contributed by atoms with Crippen LogP contribution >= 0.6 is 0 Å². The highest BCUT2D eigenvalue weighted by atomic mass is 16.2. The average molecular weight is 344 g/mol. The van der Waals surface area contributed by atoms with Crippen molar-refractivity contribution in [3.63, 3.8) is 0 Å². The molecule has 136 valence electrons. The number of hydrogen-bond donors (Lipinski definition) is 2. The molecule has 0 aliphatic carbocycles. The molecule has 2 heterocycles. The zero-order chi connectivity index (χ0) is 17.6. The van der Waals surface area contributed by atoms with Crippen molar-refractivity contribution in [3.8, 4) is 0 Å². The highest BCUT2D eigenvalue weighted by Gasteiger charge is 2.31. The van der Waals surface area contributed by atoms with Gasteiger partial charge in [0.25, 0.3) is 0 Å². The molecule has 2 saturated heterocycles. The number of carbonyl (C=O) groups is 2. The lowest BCUT2D eigenvalue weighted by Gasteiger charge is -2.18. The number of amides is 3. The molecular formula is C19H28N4O2. The molecule has 6 nitrogen and oxygen atoms in total. The number of rotatable bonds is 6. The number of benzene rings is 1. The number of hydrogen-bond acceptors (Lipinski definition) is 3. The second-order valence-corrected chi connectivity index (χ2v) is 7.04. The van der Waals surface area contributed by atoms with E-state index in [1.165, 1.54) is 31.5 Å². The number of nitrogens with zero attached hydrogens (tertiary/aromatic N) is 2. The van der Waals surface area contributed by atoms with Gasteiger partial charge in [-0.05, 0) is 58.0 Å². The molecule has 0 bridgehead atoms. The Morgan fingerprint density at radius 1 is 1.20 bits per heavy atom. The summed E-state index contributed by atoms with van der Waals surface area (Å²) < 4.78 is 0. The van der Waals surface area contributed by atoms with Crippen LogP contribution in [0.2, 0.25) is 0 Å². The van der Waals surface area contributed by atoms with E-state index < -0.39 is 0 Å². The average Bonchev–Trinajstić information content (AvgIpc) is 3.22. The first-order valence-corrected chi connectivity index (χ1v) is 9.25. The van der Waals surface area contributed by atoms with Crippen LogP contribution in [-0.4, -0.2) is 55.6 Å². The summed E-state index contributed by atoms with van der Waals surface area (Å²) in [6, 6.07) is 7.59. The summed E-state index contributed by atoms with van der Waals surface area (Å²) in [7, 11) is 0. The standard InChI is InChI=1S/C19H28N4O2/c1-15-5-7-17(8-6-15)23-14-16(13-18(23)24)21-19(25)20-9-4-12-22-10-2-3-11-22/h5-8,16H,2-4,9-14H2,1H3,(H2,20,21,25)/t16-/m1/s1. The summed E-state index contributed by atoms with van der Waals surface area (Å²) in [5.41, 5.74) is 2.06. The van der Waals surface area contributed by atoms with Crippen molar-refractivity contribution in [2.24, 2.45) is 0 Å². The fourth-order valence-corrected chi connectivity index (χ4v) is 3.53. The molecule has 3 amide bonds. The third-order valence-corrected chi connectivity index (χ3v) is 4.94. The van der Waals surface area contributed by atoms with Crippen LogP contribution in [-0.2, 0) is 4.79 Å². The lowest BCUT2D eigenvalue weighted by molar-refractivity contribution is -0.117. The van der Waals surface area contributed by atoms with Crippen molar-refractivity contribution in [1.29, 1.82) is 0 Å². The summed E-state index contributed by atoms with van der Waals surface area (Å²) >= 11 is 0. The van der Waals surface area contributed by atoms with Crippen LogP contribution in [0, 0.1) is 6.92 Å². The maximum atomic E-state index is 12.2. The topological polar surface area (TPSA) is 64.7 Å². The first kappa shape index (κ1) is 17.7. The Labute approximate surface area is 149 Å². The Kier molecular flexibility index (Phi) is 5.91. The quantitative estimate of drug-likeness (QED) is 0.775. The Balaban J connectivity index is 1.38. The monoisotopic (exact) mass is 344 g/mol. The molecule has 0 aromatic heterocycles. The van der Waals surface area contributed by atoms with Crippen molar-refractivity contribution >= 4 is 17.6 Å². The SMILES string of the molecule is Cc1ccc(N2C[C@H](NC(=O)NCCCN3CCCC3)CC2=O)cc1. The van der Waals surface area contributed by atoms with Crippen LogP contribution in [0.15, 0.2) is 24.3 Å². The molecule has 2 aliphatic heterocycles. The van der Waals surface area contributed by atoms with E-state index in [1.54, 1.807) is 4.90 Å². The fraction of sp³-hybridized carbons (Fsp3) is 0.579. The molecule has 1 aromatic rings. The highest BCUT2D eigenvalue weighted by Crippen LogP contribution is 2.21. The summed E-state index contributed by atoms with van der Waals surface area (Å²) in [6.45, 7) is 6.64. The molecule has 0 unspecified atom stereocenters. The van der Waals surface area contributed by atoms with Gasteiger partial charge in [-0.25, -0.2) is 4.79 Å². The smallest absolute Gasteiger partial charge is 0.315 e. The van der Waals surface area contributed by atoms with E-state index in [9.17, 15) is 9.59 Å². The van der Waals surface area contributed by atoms with Gasteiger partial charge in [0.05, 0.1) is 6.04 Å². The predicted octanol–water partition coefficient (Wildman–Crippen LogP) is 1.89. The molecule has 2 aliphatic rings. The first-order chi connectivity index (χ1) is 12.1. The number of carbonyl (C=O) groups excluding carboxylic acids is 2. The van der Waals surface area contributed by atoms with E-state index in [-0.39, 0.29) is 18.0 Å². The largest absolute Gasteiger partial charge is 0.338 e. The summed E-state index contributed by atoms with van der Waals surface area (Å²) in [4.78, 5) is 28.4. The van der Waals surface area contributed by atoms with E-state index in [2.05, 4.69) is 15.5 Å².